The van der Waals surface area contributed by atoms with Gasteiger partial charge in [0.2, 0.25) is 0 Å². The summed E-state index contributed by atoms with van der Waals surface area (Å²) in [5, 5.41) is 9.86. The maximum atomic E-state index is 12.1. The average molecular weight is 166 g/mol. The molecule has 0 aliphatic rings. The first-order valence-electron chi connectivity index (χ1n) is 3.57. The van der Waals surface area contributed by atoms with E-state index >= 15 is 0 Å². The Morgan fingerprint density at radius 2 is 2.17 bits per heavy atom. The average Bonchev–Trinajstić information content (AvgIpc) is 2.46. The summed E-state index contributed by atoms with van der Waals surface area (Å²) in [4.78, 5) is 0. The highest BCUT2D eigenvalue weighted by Gasteiger charge is 2.02. The van der Waals surface area contributed by atoms with Crippen LogP contribution in [0.15, 0.2) is 28.7 Å². The molecule has 1 aromatic carbocycles. The minimum absolute atomic E-state index is 0.127. The SMILES string of the molecule is Oc1ccc2cc(CF)oc2c1. The van der Waals surface area contributed by atoms with Gasteiger partial charge in [-0.3, -0.25) is 0 Å². The molecule has 1 heterocycles. The minimum Gasteiger partial charge on any atom is -0.508 e. The van der Waals surface area contributed by atoms with Crippen LogP contribution < -0.4 is 0 Å². The standard InChI is InChI=1S/C9H7FO2/c10-5-8-3-6-1-2-7(11)4-9(6)12-8/h1-4,11H,5H2. The zero-order valence-electron chi connectivity index (χ0n) is 6.25. The molecule has 0 spiro atoms. The van der Waals surface area contributed by atoms with Gasteiger partial charge in [0.15, 0.2) is 0 Å². The number of furan rings is 1. The molecule has 0 atom stereocenters. The van der Waals surface area contributed by atoms with E-state index in [9.17, 15) is 4.39 Å². The van der Waals surface area contributed by atoms with Crippen LogP contribution in [0.25, 0.3) is 11.0 Å². The molecule has 0 aliphatic carbocycles. The molecule has 0 unspecified atom stereocenters. The molecule has 62 valence electrons. The summed E-state index contributed by atoms with van der Waals surface area (Å²) in [5.41, 5.74) is 0.516. The molecule has 0 fully saturated rings. The second kappa shape index (κ2) is 2.52. The van der Waals surface area contributed by atoms with E-state index in [-0.39, 0.29) is 11.5 Å². The van der Waals surface area contributed by atoms with Crippen molar-refractivity contribution in [3.05, 3.63) is 30.0 Å². The number of benzene rings is 1. The van der Waals surface area contributed by atoms with Gasteiger partial charge in [-0.25, -0.2) is 4.39 Å². The third-order valence-corrected chi connectivity index (χ3v) is 1.69. The molecule has 1 N–H and O–H groups in total. The molecule has 0 amide bonds. The van der Waals surface area contributed by atoms with Crippen LogP contribution in [0.1, 0.15) is 5.76 Å². The van der Waals surface area contributed by atoms with Crippen molar-refractivity contribution in [2.75, 3.05) is 0 Å². The van der Waals surface area contributed by atoms with E-state index in [0.29, 0.717) is 5.58 Å². The first-order chi connectivity index (χ1) is 5.79. The smallest absolute Gasteiger partial charge is 0.147 e. The molecule has 1 aromatic heterocycles. The van der Waals surface area contributed by atoms with E-state index in [4.69, 9.17) is 9.52 Å². The zero-order valence-corrected chi connectivity index (χ0v) is 6.25. The number of fused-ring (bicyclic) bond motifs is 1. The summed E-state index contributed by atoms with van der Waals surface area (Å²) >= 11 is 0. The third-order valence-electron chi connectivity index (χ3n) is 1.69. The fraction of sp³-hybridized carbons (Fsp3) is 0.111. The van der Waals surface area contributed by atoms with E-state index in [2.05, 4.69) is 0 Å². The molecule has 0 radical (unpaired) electrons. The summed E-state index contributed by atoms with van der Waals surface area (Å²) in [6, 6.07) is 6.32. The van der Waals surface area contributed by atoms with Gasteiger partial charge in [-0.2, -0.15) is 0 Å². The Labute approximate surface area is 68.2 Å². The van der Waals surface area contributed by atoms with Crippen molar-refractivity contribution < 1.29 is 13.9 Å². The van der Waals surface area contributed by atoms with Crippen molar-refractivity contribution in [2.24, 2.45) is 0 Å². The highest BCUT2D eigenvalue weighted by molar-refractivity contribution is 5.79. The molecule has 12 heavy (non-hydrogen) atoms. The summed E-state index contributed by atoms with van der Waals surface area (Å²) in [7, 11) is 0. The quantitative estimate of drug-likeness (QED) is 0.706. The van der Waals surface area contributed by atoms with Gasteiger partial charge in [-0.05, 0) is 18.2 Å². The van der Waals surface area contributed by atoms with Crippen molar-refractivity contribution >= 4 is 11.0 Å². The Bertz CT molecular complexity index is 406. The second-order valence-electron chi connectivity index (χ2n) is 2.57. The second-order valence-corrected chi connectivity index (χ2v) is 2.57. The van der Waals surface area contributed by atoms with Gasteiger partial charge in [0.1, 0.15) is 23.8 Å². The van der Waals surface area contributed by atoms with Crippen LogP contribution in [0.5, 0.6) is 5.75 Å². The fourth-order valence-electron chi connectivity index (χ4n) is 1.14. The number of rotatable bonds is 1. The predicted octanol–water partition coefficient (Wildman–Crippen LogP) is 2.61. The van der Waals surface area contributed by atoms with Crippen LogP contribution in [-0.2, 0) is 6.67 Å². The molecule has 0 aliphatic heterocycles. The zero-order chi connectivity index (χ0) is 8.55. The maximum absolute atomic E-state index is 12.1. The number of hydrogen-bond donors (Lipinski definition) is 1. The van der Waals surface area contributed by atoms with E-state index in [1.807, 2.05) is 0 Å². The number of aromatic hydroxyl groups is 1. The van der Waals surface area contributed by atoms with Gasteiger partial charge in [0.05, 0.1) is 0 Å². The Hall–Kier alpha value is -1.51. The van der Waals surface area contributed by atoms with Gasteiger partial charge in [-0.15, -0.1) is 0 Å². The van der Waals surface area contributed by atoms with Crippen molar-refractivity contribution in [1.29, 1.82) is 0 Å². The lowest BCUT2D eigenvalue weighted by atomic mass is 10.2. The molecular weight excluding hydrogens is 159 g/mol. The number of halogens is 1. The van der Waals surface area contributed by atoms with Crippen molar-refractivity contribution in [2.45, 2.75) is 6.67 Å². The van der Waals surface area contributed by atoms with Crippen LogP contribution in [-0.4, -0.2) is 5.11 Å². The number of phenols is 1. The van der Waals surface area contributed by atoms with Crippen LogP contribution in [0.2, 0.25) is 0 Å². The van der Waals surface area contributed by atoms with Crippen LogP contribution >= 0.6 is 0 Å². The first-order valence-corrected chi connectivity index (χ1v) is 3.57. The van der Waals surface area contributed by atoms with Gasteiger partial charge < -0.3 is 9.52 Å². The lowest BCUT2D eigenvalue weighted by molar-refractivity contribution is 0.406. The summed E-state index contributed by atoms with van der Waals surface area (Å²) in [5.74, 6) is 0.415. The molecule has 2 nitrogen and oxygen atoms in total. The topological polar surface area (TPSA) is 33.4 Å². The predicted molar refractivity (Wildman–Crippen MR) is 42.7 cm³/mol. The van der Waals surface area contributed by atoms with Crippen LogP contribution in [0.3, 0.4) is 0 Å². The normalized spacial score (nSPS) is 10.8. The largest absolute Gasteiger partial charge is 0.508 e. The lowest BCUT2D eigenvalue weighted by Gasteiger charge is -1.88. The first kappa shape index (κ1) is 7.16. The summed E-state index contributed by atoms with van der Waals surface area (Å²) in [6.45, 7) is -0.616. The van der Waals surface area contributed by atoms with Gasteiger partial charge in [-0.1, -0.05) is 0 Å². The van der Waals surface area contributed by atoms with Gasteiger partial charge in [0.25, 0.3) is 0 Å². The highest BCUT2D eigenvalue weighted by atomic mass is 19.1. The highest BCUT2D eigenvalue weighted by Crippen LogP contribution is 2.23. The Balaban J connectivity index is 2.67. The molecule has 2 aromatic rings. The van der Waals surface area contributed by atoms with Gasteiger partial charge in [0, 0.05) is 11.5 Å². The molecular formula is C9H7FO2. The van der Waals surface area contributed by atoms with E-state index < -0.39 is 6.67 Å². The molecule has 2 rings (SSSR count). The molecule has 0 saturated carbocycles. The minimum atomic E-state index is -0.616. The lowest BCUT2D eigenvalue weighted by Crippen LogP contribution is -1.64. The van der Waals surface area contributed by atoms with Crippen molar-refractivity contribution in [3.8, 4) is 5.75 Å². The van der Waals surface area contributed by atoms with Crippen molar-refractivity contribution in [1.82, 2.24) is 0 Å². The third kappa shape index (κ3) is 1.03. The van der Waals surface area contributed by atoms with E-state index in [1.54, 1.807) is 18.2 Å². The Morgan fingerprint density at radius 1 is 1.33 bits per heavy atom. The number of phenolic OH excluding ortho intramolecular Hbond substituents is 1. The van der Waals surface area contributed by atoms with Crippen LogP contribution in [0.4, 0.5) is 4.39 Å². The monoisotopic (exact) mass is 166 g/mol. The molecule has 0 bridgehead atoms. The summed E-state index contributed by atoms with van der Waals surface area (Å²) in [6.07, 6.45) is 0. The van der Waals surface area contributed by atoms with Gasteiger partial charge >= 0.3 is 0 Å². The van der Waals surface area contributed by atoms with E-state index in [1.165, 1.54) is 6.07 Å². The maximum Gasteiger partial charge on any atom is 0.147 e. The Morgan fingerprint density at radius 3 is 2.92 bits per heavy atom. The van der Waals surface area contributed by atoms with E-state index in [0.717, 1.165) is 5.39 Å². The number of hydrogen-bond acceptors (Lipinski definition) is 2. The van der Waals surface area contributed by atoms with Crippen LogP contribution in [0, 0.1) is 0 Å². The van der Waals surface area contributed by atoms with Crippen molar-refractivity contribution in [3.63, 3.8) is 0 Å². The fourth-order valence-corrected chi connectivity index (χ4v) is 1.14. The molecule has 0 saturated heterocycles. The number of alkyl halides is 1. The Kier molecular flexibility index (Phi) is 1.50. The molecule has 3 heteroatoms. The summed E-state index contributed by atoms with van der Waals surface area (Å²) < 4.78 is 17.2.